The highest BCUT2D eigenvalue weighted by Gasteiger charge is 2.25. The summed E-state index contributed by atoms with van der Waals surface area (Å²) >= 11 is 3.04. The number of fused-ring (bicyclic) bond motifs is 8. The highest BCUT2D eigenvalue weighted by molar-refractivity contribution is 7.22. The van der Waals surface area contributed by atoms with Crippen LogP contribution in [0.25, 0.3) is 96.6 Å². The fraction of sp³-hybridized carbons (Fsp3) is 0. The number of halogens is 2. The molecule has 4 aromatic heterocycles. The van der Waals surface area contributed by atoms with E-state index in [4.69, 9.17) is 9.97 Å². The third-order valence-electron chi connectivity index (χ3n) is 9.92. The van der Waals surface area contributed by atoms with Gasteiger partial charge >= 0.3 is 0 Å². The molecule has 0 amide bonds. The topological polar surface area (TPSA) is 35.6 Å². The Balaban J connectivity index is 1.34. The molecule has 0 bridgehead atoms. The van der Waals surface area contributed by atoms with Crippen molar-refractivity contribution in [2.24, 2.45) is 0 Å². The van der Waals surface area contributed by atoms with Gasteiger partial charge in [-0.25, -0.2) is 18.7 Å². The summed E-state index contributed by atoms with van der Waals surface area (Å²) < 4.78 is 35.4. The van der Waals surface area contributed by atoms with Crippen LogP contribution >= 0.6 is 22.7 Å². The molecule has 4 nitrogen and oxygen atoms in total. The largest absolute Gasteiger partial charge is 0.307 e. The van der Waals surface area contributed by atoms with Crippen molar-refractivity contribution < 1.29 is 8.78 Å². The highest BCUT2D eigenvalue weighted by atomic mass is 32.1. The Morgan fingerprint density at radius 2 is 0.750 bits per heavy atom. The minimum atomic E-state index is -0.328. The first kappa shape index (κ1) is 29.5. The lowest BCUT2D eigenvalue weighted by Crippen LogP contribution is -2.05. The molecule has 246 valence electrons. The van der Waals surface area contributed by atoms with E-state index in [0.717, 1.165) is 85.5 Å². The van der Waals surface area contributed by atoms with E-state index in [-0.39, 0.29) is 11.6 Å². The summed E-state index contributed by atoms with van der Waals surface area (Å²) in [6.07, 6.45) is 0. The molecule has 0 atom stereocenters. The average Bonchev–Trinajstić information content (AvgIpc) is 3.95. The number of hydrogen-bond donors (Lipinski definition) is 0. The second-order valence-corrected chi connectivity index (χ2v) is 14.9. The van der Waals surface area contributed by atoms with Crippen LogP contribution < -0.4 is 0 Å². The Kier molecular flexibility index (Phi) is 6.32. The minimum Gasteiger partial charge on any atom is -0.307 e. The maximum absolute atomic E-state index is 14.5. The highest BCUT2D eigenvalue weighted by Crippen LogP contribution is 2.46. The minimum absolute atomic E-state index is 0.328. The van der Waals surface area contributed by atoms with Gasteiger partial charge in [0.2, 0.25) is 0 Å². The van der Waals surface area contributed by atoms with E-state index < -0.39 is 0 Å². The average molecular weight is 711 g/mol. The zero-order chi connectivity index (χ0) is 34.5. The summed E-state index contributed by atoms with van der Waals surface area (Å²) in [5.74, 6) is -0.657. The van der Waals surface area contributed by atoms with Gasteiger partial charge in [-0.1, -0.05) is 72.8 Å². The molecule has 0 aliphatic carbocycles. The van der Waals surface area contributed by atoms with Crippen molar-refractivity contribution in [3.63, 3.8) is 0 Å². The van der Waals surface area contributed by atoms with Crippen molar-refractivity contribution in [2.45, 2.75) is 0 Å². The lowest BCUT2D eigenvalue weighted by Gasteiger charge is -2.20. The van der Waals surface area contributed by atoms with Gasteiger partial charge in [0, 0.05) is 44.8 Å². The summed E-state index contributed by atoms with van der Waals surface area (Å²) in [6.45, 7) is 0. The second-order valence-electron chi connectivity index (χ2n) is 12.9. The van der Waals surface area contributed by atoms with Crippen molar-refractivity contribution in [3.8, 4) is 32.5 Å². The van der Waals surface area contributed by atoms with Crippen LogP contribution in [0.1, 0.15) is 0 Å². The molecule has 0 fully saturated rings. The predicted molar refractivity (Wildman–Crippen MR) is 212 cm³/mol. The van der Waals surface area contributed by atoms with Crippen molar-refractivity contribution >= 4 is 86.7 Å². The second kappa shape index (κ2) is 11.1. The van der Waals surface area contributed by atoms with E-state index in [0.29, 0.717) is 11.0 Å². The quantitative estimate of drug-likeness (QED) is 0.182. The smallest absolute Gasteiger partial charge is 0.125 e. The number of thiazole rings is 2. The molecular formula is C44H24F2N4S2. The molecule has 0 aliphatic rings. The van der Waals surface area contributed by atoms with Gasteiger partial charge in [0.05, 0.1) is 53.9 Å². The number of hydrogen-bond acceptors (Lipinski definition) is 4. The molecule has 52 heavy (non-hydrogen) atoms. The molecule has 0 N–H and O–H groups in total. The lowest BCUT2D eigenvalue weighted by molar-refractivity contribution is 0.629. The summed E-state index contributed by atoms with van der Waals surface area (Å²) in [4.78, 5) is 10.0. The molecule has 0 unspecified atom stereocenters. The molecule has 0 radical (unpaired) electrons. The van der Waals surface area contributed by atoms with Crippen LogP contribution in [-0.4, -0.2) is 19.1 Å². The molecule has 0 saturated heterocycles. The number of para-hydroxylation sites is 4. The fourth-order valence-corrected chi connectivity index (χ4v) is 9.64. The number of benzene rings is 7. The number of aromatic nitrogens is 4. The van der Waals surface area contributed by atoms with Gasteiger partial charge in [0.1, 0.15) is 21.6 Å². The van der Waals surface area contributed by atoms with E-state index in [2.05, 4.69) is 118 Å². The Bertz CT molecular complexity index is 2920. The standard InChI is InChI=1S/C44H24F2N4S2/c45-25-17-19-41-33(21-25)47-43(51-41)31-23-39(49-35-13-5-1-9-27(35)28-10-2-6-14-36(28)49)40(24-32(31)44-48-34-22-26(46)18-20-42(34)52-44)50-37-15-7-3-11-29(37)30-12-4-8-16-38(30)50/h1-24H. The van der Waals surface area contributed by atoms with Crippen molar-refractivity contribution in [2.75, 3.05) is 0 Å². The molecule has 8 heteroatoms. The Hall–Kier alpha value is -6.22. The molecule has 11 aromatic rings. The SMILES string of the molecule is Fc1ccc2sc(-c3cc(-n4c5ccccc5c5ccccc54)c(-n4c5ccccc5c5ccccc54)cc3-c3nc4cc(F)ccc4s3)nc2c1. The van der Waals surface area contributed by atoms with Gasteiger partial charge in [0.15, 0.2) is 0 Å². The molecule has 0 saturated carbocycles. The van der Waals surface area contributed by atoms with E-state index >= 15 is 0 Å². The Labute approximate surface area is 303 Å². The van der Waals surface area contributed by atoms with Gasteiger partial charge in [0.25, 0.3) is 0 Å². The number of rotatable bonds is 4. The van der Waals surface area contributed by atoms with Crippen molar-refractivity contribution in [3.05, 3.63) is 157 Å². The number of nitrogens with zero attached hydrogens (tertiary/aromatic N) is 4. The molecular weight excluding hydrogens is 687 g/mol. The first-order valence-corrected chi connectivity index (χ1v) is 18.5. The predicted octanol–water partition coefficient (Wildman–Crippen LogP) is 12.7. The molecule has 7 aromatic carbocycles. The van der Waals surface area contributed by atoms with Gasteiger partial charge in [-0.2, -0.15) is 0 Å². The maximum atomic E-state index is 14.5. The monoisotopic (exact) mass is 710 g/mol. The van der Waals surface area contributed by atoms with Crippen LogP contribution in [0.15, 0.2) is 146 Å². The van der Waals surface area contributed by atoms with Crippen LogP contribution in [-0.2, 0) is 0 Å². The fourth-order valence-electron chi connectivity index (χ4n) is 7.68. The molecule has 0 spiro atoms. The first-order valence-electron chi connectivity index (χ1n) is 16.9. The summed E-state index contributed by atoms with van der Waals surface area (Å²) in [5.41, 5.74) is 9.14. The van der Waals surface area contributed by atoms with Gasteiger partial charge in [-0.3, -0.25) is 0 Å². The van der Waals surface area contributed by atoms with E-state index in [1.807, 2.05) is 0 Å². The third-order valence-corrected chi connectivity index (χ3v) is 12.1. The van der Waals surface area contributed by atoms with Gasteiger partial charge in [-0.15, -0.1) is 22.7 Å². The molecule has 0 aliphatic heterocycles. The maximum Gasteiger partial charge on any atom is 0.125 e. The Morgan fingerprint density at radius 1 is 0.404 bits per heavy atom. The normalized spacial score (nSPS) is 12.0. The van der Waals surface area contributed by atoms with Crippen LogP contribution in [0.3, 0.4) is 0 Å². The summed E-state index contributed by atoms with van der Waals surface area (Å²) in [7, 11) is 0. The third kappa shape index (κ3) is 4.35. The molecule has 4 heterocycles. The zero-order valence-electron chi connectivity index (χ0n) is 27.2. The van der Waals surface area contributed by atoms with Gasteiger partial charge in [-0.05, 0) is 60.7 Å². The van der Waals surface area contributed by atoms with Crippen molar-refractivity contribution in [1.29, 1.82) is 0 Å². The van der Waals surface area contributed by atoms with Crippen LogP contribution in [0.2, 0.25) is 0 Å². The molecule has 11 rings (SSSR count). The first-order chi connectivity index (χ1) is 25.6. The van der Waals surface area contributed by atoms with Crippen LogP contribution in [0, 0.1) is 11.6 Å². The van der Waals surface area contributed by atoms with Crippen LogP contribution in [0.4, 0.5) is 8.78 Å². The summed E-state index contributed by atoms with van der Waals surface area (Å²) in [5, 5.41) is 6.11. The summed E-state index contributed by atoms with van der Waals surface area (Å²) in [6, 6.07) is 47.9. The zero-order valence-corrected chi connectivity index (χ0v) is 28.9. The van der Waals surface area contributed by atoms with E-state index in [9.17, 15) is 8.78 Å². The lowest BCUT2D eigenvalue weighted by atomic mass is 10.0. The van der Waals surface area contributed by atoms with E-state index in [1.54, 1.807) is 12.1 Å². The van der Waals surface area contributed by atoms with Crippen molar-refractivity contribution in [1.82, 2.24) is 19.1 Å². The van der Waals surface area contributed by atoms with E-state index in [1.165, 1.54) is 46.9 Å². The van der Waals surface area contributed by atoms with Crippen LogP contribution in [0.5, 0.6) is 0 Å². The van der Waals surface area contributed by atoms with Gasteiger partial charge < -0.3 is 9.13 Å². The Morgan fingerprint density at radius 3 is 1.12 bits per heavy atom.